The van der Waals surface area contributed by atoms with Crippen molar-refractivity contribution < 1.29 is 9.47 Å². The molecule has 0 spiro atoms. The molecule has 1 heterocycles. The maximum Gasteiger partial charge on any atom is 0.123 e. The van der Waals surface area contributed by atoms with Crippen molar-refractivity contribution in [3.63, 3.8) is 0 Å². The zero-order valence-corrected chi connectivity index (χ0v) is 11.3. The molecule has 98 valence electrons. The standard InChI is InChI=1S/C17H18O2/c1-17(11-13-7-9-14(18-2)10-8-13)12-19-16-6-4-3-5-15(16)17/h3-10H,11-12H2,1-2H3/t17-/m1/s1. The lowest BCUT2D eigenvalue weighted by Crippen LogP contribution is -2.26. The van der Waals surface area contributed by atoms with Crippen molar-refractivity contribution in [3.05, 3.63) is 59.7 Å². The molecule has 0 aliphatic carbocycles. The minimum Gasteiger partial charge on any atom is -0.497 e. The van der Waals surface area contributed by atoms with Crippen LogP contribution in [0.3, 0.4) is 0 Å². The quantitative estimate of drug-likeness (QED) is 0.833. The third-order valence-corrected chi connectivity index (χ3v) is 3.84. The highest BCUT2D eigenvalue weighted by molar-refractivity contribution is 5.44. The highest BCUT2D eigenvalue weighted by Crippen LogP contribution is 2.40. The van der Waals surface area contributed by atoms with Crippen molar-refractivity contribution in [2.45, 2.75) is 18.8 Å². The molecule has 0 fully saturated rings. The number of hydrogen-bond donors (Lipinski definition) is 0. The van der Waals surface area contributed by atoms with Crippen molar-refractivity contribution in [2.24, 2.45) is 0 Å². The Bertz CT molecular complexity index is 574. The van der Waals surface area contributed by atoms with Gasteiger partial charge in [0.15, 0.2) is 0 Å². The summed E-state index contributed by atoms with van der Waals surface area (Å²) in [7, 11) is 1.69. The second kappa shape index (κ2) is 4.61. The molecule has 0 unspecified atom stereocenters. The first kappa shape index (κ1) is 12.1. The Morgan fingerprint density at radius 1 is 1.11 bits per heavy atom. The van der Waals surface area contributed by atoms with Crippen LogP contribution >= 0.6 is 0 Å². The molecule has 19 heavy (non-hydrogen) atoms. The van der Waals surface area contributed by atoms with Gasteiger partial charge in [-0.25, -0.2) is 0 Å². The summed E-state index contributed by atoms with van der Waals surface area (Å²) in [5.41, 5.74) is 2.68. The SMILES string of the molecule is COc1ccc(C[C@]2(C)COc3ccccc32)cc1. The van der Waals surface area contributed by atoms with Crippen molar-refractivity contribution in [1.29, 1.82) is 0 Å². The maximum absolute atomic E-state index is 5.81. The molecule has 0 radical (unpaired) electrons. The third-order valence-electron chi connectivity index (χ3n) is 3.84. The highest BCUT2D eigenvalue weighted by Gasteiger charge is 2.35. The van der Waals surface area contributed by atoms with E-state index in [9.17, 15) is 0 Å². The summed E-state index contributed by atoms with van der Waals surface area (Å²) in [6.07, 6.45) is 0.980. The Kier molecular flexibility index (Phi) is 2.94. The van der Waals surface area contributed by atoms with Gasteiger partial charge in [0, 0.05) is 11.0 Å². The van der Waals surface area contributed by atoms with Gasteiger partial charge in [0.25, 0.3) is 0 Å². The summed E-state index contributed by atoms with van der Waals surface area (Å²) in [5, 5.41) is 0. The topological polar surface area (TPSA) is 18.5 Å². The van der Waals surface area contributed by atoms with Crippen LogP contribution in [0.5, 0.6) is 11.5 Å². The second-order valence-corrected chi connectivity index (χ2v) is 5.37. The minimum absolute atomic E-state index is 0.0607. The van der Waals surface area contributed by atoms with E-state index in [1.165, 1.54) is 11.1 Å². The fourth-order valence-corrected chi connectivity index (χ4v) is 2.75. The Labute approximate surface area is 114 Å². The molecule has 2 aromatic carbocycles. The lowest BCUT2D eigenvalue weighted by Gasteiger charge is -2.22. The van der Waals surface area contributed by atoms with Gasteiger partial charge in [0.05, 0.1) is 13.7 Å². The lowest BCUT2D eigenvalue weighted by molar-refractivity contribution is 0.277. The van der Waals surface area contributed by atoms with Crippen LogP contribution in [-0.2, 0) is 11.8 Å². The molecule has 0 saturated heterocycles. The summed E-state index contributed by atoms with van der Waals surface area (Å²) in [6, 6.07) is 16.6. The molecule has 0 amide bonds. The molecule has 3 rings (SSSR count). The van der Waals surface area contributed by atoms with Gasteiger partial charge < -0.3 is 9.47 Å². The van der Waals surface area contributed by atoms with Crippen LogP contribution in [0.1, 0.15) is 18.1 Å². The predicted molar refractivity (Wildman–Crippen MR) is 76.0 cm³/mol. The van der Waals surface area contributed by atoms with Crippen LogP contribution in [0.4, 0.5) is 0 Å². The predicted octanol–water partition coefficient (Wildman–Crippen LogP) is 3.59. The van der Waals surface area contributed by atoms with Crippen LogP contribution in [0, 0.1) is 0 Å². The molecule has 1 aliphatic rings. The van der Waals surface area contributed by atoms with E-state index in [0.29, 0.717) is 0 Å². The fourth-order valence-electron chi connectivity index (χ4n) is 2.75. The van der Waals surface area contributed by atoms with Crippen LogP contribution in [0.25, 0.3) is 0 Å². The first-order valence-corrected chi connectivity index (χ1v) is 6.56. The smallest absolute Gasteiger partial charge is 0.123 e. The van der Waals surface area contributed by atoms with Crippen LogP contribution in [0.15, 0.2) is 48.5 Å². The Morgan fingerprint density at radius 3 is 2.58 bits per heavy atom. The zero-order chi connectivity index (χ0) is 13.3. The van der Waals surface area contributed by atoms with Gasteiger partial charge >= 0.3 is 0 Å². The largest absolute Gasteiger partial charge is 0.497 e. The van der Waals surface area contributed by atoms with Crippen molar-refractivity contribution in [1.82, 2.24) is 0 Å². The van der Waals surface area contributed by atoms with Gasteiger partial charge in [0.2, 0.25) is 0 Å². The molecule has 0 bridgehead atoms. The number of hydrogen-bond acceptors (Lipinski definition) is 2. The van der Waals surface area contributed by atoms with E-state index in [2.05, 4.69) is 37.3 Å². The number of para-hydroxylation sites is 1. The summed E-state index contributed by atoms with van der Waals surface area (Å²) in [4.78, 5) is 0. The van der Waals surface area contributed by atoms with E-state index >= 15 is 0 Å². The Balaban J connectivity index is 1.86. The van der Waals surface area contributed by atoms with E-state index < -0.39 is 0 Å². The molecule has 2 aromatic rings. The number of methoxy groups -OCH3 is 1. The van der Waals surface area contributed by atoms with Crippen molar-refractivity contribution in [2.75, 3.05) is 13.7 Å². The molecular weight excluding hydrogens is 236 g/mol. The van der Waals surface area contributed by atoms with Gasteiger partial charge in [-0.1, -0.05) is 37.3 Å². The van der Waals surface area contributed by atoms with E-state index in [4.69, 9.17) is 9.47 Å². The van der Waals surface area contributed by atoms with E-state index in [0.717, 1.165) is 24.5 Å². The fraction of sp³-hybridized carbons (Fsp3) is 0.294. The first-order valence-electron chi connectivity index (χ1n) is 6.56. The molecule has 0 N–H and O–H groups in total. The van der Waals surface area contributed by atoms with E-state index in [1.54, 1.807) is 7.11 Å². The third kappa shape index (κ3) is 2.19. The normalized spacial score (nSPS) is 20.7. The Hall–Kier alpha value is -1.96. The average molecular weight is 254 g/mol. The van der Waals surface area contributed by atoms with Crippen LogP contribution in [0.2, 0.25) is 0 Å². The molecule has 0 saturated carbocycles. The van der Waals surface area contributed by atoms with Gasteiger partial charge in [0.1, 0.15) is 11.5 Å². The summed E-state index contributed by atoms with van der Waals surface area (Å²) in [5.74, 6) is 1.93. The molecule has 0 aromatic heterocycles. The summed E-state index contributed by atoms with van der Waals surface area (Å²) >= 11 is 0. The first-order chi connectivity index (χ1) is 9.21. The second-order valence-electron chi connectivity index (χ2n) is 5.37. The average Bonchev–Trinajstić information content (AvgIpc) is 2.78. The number of benzene rings is 2. The molecule has 1 atom stereocenters. The van der Waals surface area contributed by atoms with Gasteiger partial charge in [-0.3, -0.25) is 0 Å². The maximum atomic E-state index is 5.81. The van der Waals surface area contributed by atoms with Crippen LogP contribution < -0.4 is 9.47 Å². The number of rotatable bonds is 3. The summed E-state index contributed by atoms with van der Waals surface area (Å²) in [6.45, 7) is 3.02. The lowest BCUT2D eigenvalue weighted by atomic mass is 9.79. The molecule has 2 nitrogen and oxygen atoms in total. The monoisotopic (exact) mass is 254 g/mol. The number of ether oxygens (including phenoxy) is 2. The molecular formula is C17H18O2. The minimum atomic E-state index is 0.0607. The summed E-state index contributed by atoms with van der Waals surface area (Å²) < 4.78 is 11.0. The molecule has 1 aliphatic heterocycles. The highest BCUT2D eigenvalue weighted by atomic mass is 16.5. The van der Waals surface area contributed by atoms with Gasteiger partial charge in [-0.15, -0.1) is 0 Å². The zero-order valence-electron chi connectivity index (χ0n) is 11.3. The Morgan fingerprint density at radius 2 is 1.84 bits per heavy atom. The van der Waals surface area contributed by atoms with Crippen LogP contribution in [-0.4, -0.2) is 13.7 Å². The van der Waals surface area contributed by atoms with Crippen molar-refractivity contribution in [3.8, 4) is 11.5 Å². The van der Waals surface area contributed by atoms with Crippen molar-refractivity contribution >= 4 is 0 Å². The number of fused-ring (bicyclic) bond motifs is 1. The van der Waals surface area contributed by atoms with E-state index in [1.807, 2.05) is 18.2 Å². The van der Waals surface area contributed by atoms with E-state index in [-0.39, 0.29) is 5.41 Å². The molecule has 2 heteroatoms. The van der Waals surface area contributed by atoms with Gasteiger partial charge in [-0.2, -0.15) is 0 Å². The van der Waals surface area contributed by atoms with Gasteiger partial charge in [-0.05, 0) is 30.2 Å².